The molecule has 3 atom stereocenters. The molecule has 0 spiro atoms. The van der Waals surface area contributed by atoms with Crippen LogP contribution in [0.25, 0.3) is 0 Å². The normalized spacial score (nSPS) is 34.2. The van der Waals surface area contributed by atoms with Crippen LogP contribution in [0, 0.1) is 22.7 Å². The van der Waals surface area contributed by atoms with Crippen molar-refractivity contribution in [2.75, 3.05) is 19.7 Å². The van der Waals surface area contributed by atoms with Crippen LogP contribution in [0.2, 0.25) is 0 Å². The van der Waals surface area contributed by atoms with Crippen LogP contribution < -0.4 is 5.32 Å². The van der Waals surface area contributed by atoms with Crippen LogP contribution in [-0.2, 0) is 4.74 Å². The second-order valence-electron chi connectivity index (χ2n) is 8.14. The van der Waals surface area contributed by atoms with E-state index in [4.69, 9.17) is 4.74 Å². The van der Waals surface area contributed by atoms with Crippen molar-refractivity contribution in [1.82, 2.24) is 5.32 Å². The maximum atomic E-state index is 6.07. The van der Waals surface area contributed by atoms with Crippen molar-refractivity contribution in [2.24, 2.45) is 22.7 Å². The van der Waals surface area contributed by atoms with Crippen molar-refractivity contribution >= 4 is 0 Å². The molecule has 0 aliphatic carbocycles. The van der Waals surface area contributed by atoms with Crippen LogP contribution in [0.5, 0.6) is 0 Å². The minimum absolute atomic E-state index is 0.397. The summed E-state index contributed by atoms with van der Waals surface area (Å²) in [5.74, 6) is 1.56. The first kappa shape index (κ1) is 14.3. The molecule has 3 unspecified atom stereocenters. The van der Waals surface area contributed by atoms with E-state index in [1.165, 1.54) is 32.4 Å². The van der Waals surface area contributed by atoms with Crippen LogP contribution in [0.4, 0.5) is 0 Å². The van der Waals surface area contributed by atoms with Gasteiger partial charge in [0.15, 0.2) is 0 Å². The van der Waals surface area contributed by atoms with Gasteiger partial charge in [0.2, 0.25) is 0 Å². The van der Waals surface area contributed by atoms with Gasteiger partial charge in [-0.05, 0) is 55.0 Å². The highest BCUT2D eigenvalue weighted by atomic mass is 16.5. The molecule has 0 amide bonds. The summed E-state index contributed by atoms with van der Waals surface area (Å²) >= 11 is 0. The molecule has 2 aliphatic heterocycles. The van der Waals surface area contributed by atoms with Crippen molar-refractivity contribution in [2.45, 2.75) is 60.0 Å². The smallest absolute Gasteiger partial charge is 0.0584 e. The van der Waals surface area contributed by atoms with Gasteiger partial charge in [-0.2, -0.15) is 0 Å². The van der Waals surface area contributed by atoms with Crippen LogP contribution in [0.3, 0.4) is 0 Å². The lowest BCUT2D eigenvalue weighted by Crippen LogP contribution is -2.30. The van der Waals surface area contributed by atoms with E-state index >= 15 is 0 Å². The van der Waals surface area contributed by atoms with E-state index in [0.717, 1.165) is 18.4 Å². The fourth-order valence-corrected chi connectivity index (χ4v) is 3.53. The van der Waals surface area contributed by atoms with Gasteiger partial charge in [-0.1, -0.05) is 34.6 Å². The van der Waals surface area contributed by atoms with Gasteiger partial charge in [0, 0.05) is 0 Å². The summed E-state index contributed by atoms with van der Waals surface area (Å²) in [6.07, 6.45) is 4.31. The molecule has 106 valence electrons. The molecule has 2 heteroatoms. The van der Waals surface area contributed by atoms with E-state index < -0.39 is 0 Å². The fraction of sp³-hybridized carbons (Fsp3) is 1.00. The Labute approximate surface area is 113 Å². The zero-order valence-corrected chi connectivity index (χ0v) is 12.9. The molecule has 2 nitrogen and oxygen atoms in total. The summed E-state index contributed by atoms with van der Waals surface area (Å²) in [6.45, 7) is 15.2. The maximum Gasteiger partial charge on any atom is 0.0584 e. The lowest BCUT2D eigenvalue weighted by atomic mass is 9.72. The van der Waals surface area contributed by atoms with Crippen molar-refractivity contribution in [3.05, 3.63) is 0 Å². The standard InChI is InChI=1S/C16H31NO/c1-15(2,3)13-8-14(18-11-13)9-16(4,5)12-6-7-17-10-12/h12-14,17H,6-11H2,1-5H3. The number of ether oxygens (including phenoxy) is 1. The van der Waals surface area contributed by atoms with E-state index in [-0.39, 0.29) is 0 Å². The number of rotatable bonds is 3. The van der Waals surface area contributed by atoms with Gasteiger partial charge >= 0.3 is 0 Å². The second-order valence-corrected chi connectivity index (χ2v) is 8.14. The van der Waals surface area contributed by atoms with Gasteiger partial charge in [-0.15, -0.1) is 0 Å². The monoisotopic (exact) mass is 253 g/mol. The van der Waals surface area contributed by atoms with Crippen LogP contribution >= 0.6 is 0 Å². The molecule has 0 radical (unpaired) electrons. The number of hydrogen-bond donors (Lipinski definition) is 1. The molecule has 0 saturated carbocycles. The molecule has 1 N–H and O–H groups in total. The van der Waals surface area contributed by atoms with Gasteiger partial charge < -0.3 is 10.1 Å². The molecule has 2 aliphatic rings. The third-order valence-electron chi connectivity index (χ3n) is 5.22. The Bertz CT molecular complexity index is 273. The number of nitrogens with one attached hydrogen (secondary N) is 1. The zero-order valence-electron chi connectivity index (χ0n) is 12.9. The molecule has 0 aromatic rings. The average Bonchev–Trinajstić information content (AvgIpc) is 2.83. The molecule has 0 aromatic heterocycles. The molecule has 18 heavy (non-hydrogen) atoms. The highest BCUT2D eigenvalue weighted by Crippen LogP contribution is 2.42. The van der Waals surface area contributed by atoms with E-state index in [1.807, 2.05) is 0 Å². The molecule has 0 bridgehead atoms. The van der Waals surface area contributed by atoms with Crippen LogP contribution in [0.15, 0.2) is 0 Å². The summed E-state index contributed by atoms with van der Waals surface area (Å²) in [5, 5.41) is 3.50. The lowest BCUT2D eigenvalue weighted by molar-refractivity contribution is 0.0489. The summed E-state index contributed by atoms with van der Waals surface area (Å²) in [5.41, 5.74) is 0.814. The molecular weight excluding hydrogens is 222 g/mol. The van der Waals surface area contributed by atoms with Gasteiger partial charge in [0.1, 0.15) is 0 Å². The van der Waals surface area contributed by atoms with Crippen molar-refractivity contribution in [1.29, 1.82) is 0 Å². The number of hydrogen-bond acceptors (Lipinski definition) is 2. The Kier molecular flexibility index (Phi) is 4.08. The Morgan fingerprint density at radius 3 is 2.33 bits per heavy atom. The Morgan fingerprint density at radius 1 is 1.11 bits per heavy atom. The summed E-state index contributed by atoms with van der Waals surface area (Å²) in [4.78, 5) is 0. The van der Waals surface area contributed by atoms with E-state index in [0.29, 0.717) is 16.9 Å². The summed E-state index contributed by atoms with van der Waals surface area (Å²) in [7, 11) is 0. The first-order valence-electron chi connectivity index (χ1n) is 7.61. The average molecular weight is 253 g/mol. The largest absolute Gasteiger partial charge is 0.378 e. The Morgan fingerprint density at radius 2 is 1.83 bits per heavy atom. The van der Waals surface area contributed by atoms with Gasteiger partial charge in [0.25, 0.3) is 0 Å². The van der Waals surface area contributed by atoms with Crippen LogP contribution in [-0.4, -0.2) is 25.8 Å². The van der Waals surface area contributed by atoms with E-state index in [9.17, 15) is 0 Å². The summed E-state index contributed by atoms with van der Waals surface area (Å²) < 4.78 is 6.07. The van der Waals surface area contributed by atoms with Crippen molar-refractivity contribution in [3.8, 4) is 0 Å². The lowest BCUT2D eigenvalue weighted by Gasteiger charge is -2.33. The third kappa shape index (κ3) is 3.27. The predicted molar refractivity (Wildman–Crippen MR) is 76.7 cm³/mol. The first-order valence-corrected chi connectivity index (χ1v) is 7.61. The second kappa shape index (κ2) is 5.13. The predicted octanol–water partition coefficient (Wildman–Crippen LogP) is 3.46. The fourth-order valence-electron chi connectivity index (χ4n) is 3.53. The third-order valence-corrected chi connectivity index (χ3v) is 5.22. The van der Waals surface area contributed by atoms with Gasteiger partial charge in [-0.25, -0.2) is 0 Å². The maximum absolute atomic E-state index is 6.07. The van der Waals surface area contributed by atoms with Gasteiger partial charge in [0.05, 0.1) is 12.7 Å². The molecule has 2 fully saturated rings. The van der Waals surface area contributed by atoms with Gasteiger partial charge in [-0.3, -0.25) is 0 Å². The Balaban J connectivity index is 1.87. The molecule has 2 heterocycles. The molecular formula is C16H31NO. The van der Waals surface area contributed by atoms with Crippen LogP contribution in [0.1, 0.15) is 53.9 Å². The highest BCUT2D eigenvalue weighted by molar-refractivity contribution is 4.90. The van der Waals surface area contributed by atoms with Crippen molar-refractivity contribution in [3.63, 3.8) is 0 Å². The van der Waals surface area contributed by atoms with E-state index in [1.54, 1.807) is 0 Å². The molecule has 0 aromatic carbocycles. The highest BCUT2D eigenvalue weighted by Gasteiger charge is 2.39. The quantitative estimate of drug-likeness (QED) is 0.831. The zero-order chi connectivity index (χ0) is 13.4. The summed E-state index contributed by atoms with van der Waals surface area (Å²) in [6, 6.07) is 0. The SMILES string of the molecule is CC(C)(C)C1COC(CC(C)(C)C2CCNC2)C1. The minimum Gasteiger partial charge on any atom is -0.378 e. The first-order chi connectivity index (χ1) is 8.29. The molecule has 2 rings (SSSR count). The van der Waals surface area contributed by atoms with Crippen molar-refractivity contribution < 1.29 is 4.74 Å². The minimum atomic E-state index is 0.397. The topological polar surface area (TPSA) is 21.3 Å². The molecule has 2 saturated heterocycles. The Hall–Kier alpha value is -0.0800. The van der Waals surface area contributed by atoms with E-state index in [2.05, 4.69) is 39.9 Å².